The number of aliphatic hydroxyl groups is 1. The van der Waals surface area contributed by atoms with Gasteiger partial charge in [-0.15, -0.1) is 11.3 Å². The smallest absolute Gasteiger partial charge is 0.242 e. The van der Waals surface area contributed by atoms with Crippen molar-refractivity contribution >= 4 is 44.6 Å². The summed E-state index contributed by atoms with van der Waals surface area (Å²) < 4.78 is 27.0. The van der Waals surface area contributed by atoms with Gasteiger partial charge in [-0.3, -0.25) is 0 Å². The molecular formula is C14H15Cl2NO3S2. The predicted molar refractivity (Wildman–Crippen MR) is 90.4 cm³/mol. The average Bonchev–Trinajstić information content (AvgIpc) is 2.86. The third-order valence-corrected chi connectivity index (χ3v) is 6.59. The molecule has 22 heavy (non-hydrogen) atoms. The molecule has 2 rings (SSSR count). The van der Waals surface area contributed by atoms with Crippen molar-refractivity contribution < 1.29 is 13.5 Å². The summed E-state index contributed by atoms with van der Waals surface area (Å²) in [7, 11) is -3.83. The maximum Gasteiger partial charge on any atom is 0.242 e. The summed E-state index contributed by atoms with van der Waals surface area (Å²) >= 11 is 13.3. The minimum atomic E-state index is -3.83. The van der Waals surface area contributed by atoms with Crippen molar-refractivity contribution in [1.29, 1.82) is 0 Å². The lowest BCUT2D eigenvalue weighted by Gasteiger charge is -2.13. The Morgan fingerprint density at radius 1 is 1.23 bits per heavy atom. The number of aryl methyl sites for hydroxylation is 2. The molecule has 8 heteroatoms. The molecular weight excluding hydrogens is 365 g/mol. The van der Waals surface area contributed by atoms with E-state index in [1.54, 1.807) is 6.92 Å². The molecule has 1 aromatic carbocycles. The minimum absolute atomic E-state index is 0.0462. The highest BCUT2D eigenvalue weighted by Crippen LogP contribution is 2.29. The van der Waals surface area contributed by atoms with E-state index < -0.39 is 16.1 Å². The molecule has 0 aliphatic rings. The van der Waals surface area contributed by atoms with E-state index in [4.69, 9.17) is 23.2 Å². The van der Waals surface area contributed by atoms with Crippen LogP contribution in [-0.2, 0) is 10.0 Å². The van der Waals surface area contributed by atoms with Crippen LogP contribution < -0.4 is 4.72 Å². The van der Waals surface area contributed by atoms with Crippen LogP contribution in [0.2, 0.25) is 10.0 Å². The van der Waals surface area contributed by atoms with Crippen molar-refractivity contribution in [2.24, 2.45) is 0 Å². The highest BCUT2D eigenvalue weighted by atomic mass is 35.5. The van der Waals surface area contributed by atoms with Gasteiger partial charge in [0.2, 0.25) is 10.0 Å². The molecule has 0 amide bonds. The van der Waals surface area contributed by atoms with E-state index in [0.29, 0.717) is 10.6 Å². The van der Waals surface area contributed by atoms with Crippen molar-refractivity contribution in [3.05, 3.63) is 49.6 Å². The van der Waals surface area contributed by atoms with Gasteiger partial charge in [0.15, 0.2) is 0 Å². The topological polar surface area (TPSA) is 66.4 Å². The van der Waals surface area contributed by atoms with Gasteiger partial charge in [-0.05, 0) is 48.6 Å². The first-order valence-corrected chi connectivity index (χ1v) is 9.51. The summed E-state index contributed by atoms with van der Waals surface area (Å²) in [5, 5.41) is 12.4. The van der Waals surface area contributed by atoms with Crippen LogP contribution >= 0.6 is 34.5 Å². The molecule has 4 nitrogen and oxygen atoms in total. The molecule has 2 N–H and O–H groups in total. The first-order chi connectivity index (χ1) is 10.2. The second kappa shape index (κ2) is 6.86. The zero-order valence-electron chi connectivity index (χ0n) is 11.9. The fourth-order valence-corrected chi connectivity index (χ4v) is 4.70. The van der Waals surface area contributed by atoms with Crippen LogP contribution in [0.15, 0.2) is 28.5 Å². The second-order valence-electron chi connectivity index (χ2n) is 4.87. The molecule has 1 unspecified atom stereocenters. The van der Waals surface area contributed by atoms with E-state index in [-0.39, 0.29) is 16.5 Å². The number of nitrogens with one attached hydrogen (secondary N) is 1. The summed E-state index contributed by atoms with van der Waals surface area (Å²) in [4.78, 5) is 0.687. The number of sulfonamides is 1. The Bertz CT molecular complexity index is 787. The lowest BCUT2D eigenvalue weighted by molar-refractivity contribution is 0.185. The fourth-order valence-electron chi connectivity index (χ4n) is 1.92. The first kappa shape index (κ1) is 17.7. The third-order valence-electron chi connectivity index (χ3n) is 3.17. The Morgan fingerprint density at radius 2 is 1.91 bits per heavy atom. The summed E-state index contributed by atoms with van der Waals surface area (Å²) in [6.07, 6.45) is -0.901. The van der Waals surface area contributed by atoms with Crippen molar-refractivity contribution in [2.75, 3.05) is 6.54 Å². The van der Waals surface area contributed by atoms with Gasteiger partial charge in [-0.2, -0.15) is 0 Å². The molecule has 0 fully saturated rings. The number of benzene rings is 1. The van der Waals surface area contributed by atoms with Gasteiger partial charge in [-0.1, -0.05) is 23.2 Å². The minimum Gasteiger partial charge on any atom is -0.386 e. The molecule has 0 spiro atoms. The number of halogens is 2. The van der Waals surface area contributed by atoms with Crippen LogP contribution in [0, 0.1) is 13.8 Å². The van der Waals surface area contributed by atoms with Crippen molar-refractivity contribution in [3.8, 4) is 0 Å². The Balaban J connectivity index is 2.19. The quantitative estimate of drug-likeness (QED) is 0.832. The maximum atomic E-state index is 12.3. The van der Waals surface area contributed by atoms with Crippen LogP contribution in [0.3, 0.4) is 0 Å². The van der Waals surface area contributed by atoms with E-state index in [1.165, 1.54) is 23.5 Å². The van der Waals surface area contributed by atoms with E-state index in [2.05, 4.69) is 4.72 Å². The lowest BCUT2D eigenvalue weighted by Crippen LogP contribution is -2.28. The van der Waals surface area contributed by atoms with Gasteiger partial charge < -0.3 is 5.11 Å². The second-order valence-corrected chi connectivity index (χ2v) is 8.36. The van der Waals surface area contributed by atoms with Gasteiger partial charge in [0.25, 0.3) is 0 Å². The zero-order chi connectivity index (χ0) is 16.5. The predicted octanol–water partition coefficient (Wildman–Crippen LogP) is 3.68. The zero-order valence-corrected chi connectivity index (χ0v) is 15.1. The van der Waals surface area contributed by atoms with Crippen LogP contribution in [0.1, 0.15) is 22.1 Å². The first-order valence-electron chi connectivity index (χ1n) is 6.39. The molecule has 1 aromatic heterocycles. The van der Waals surface area contributed by atoms with Crippen molar-refractivity contribution in [1.82, 2.24) is 4.72 Å². The maximum absolute atomic E-state index is 12.3. The van der Waals surface area contributed by atoms with Gasteiger partial charge in [0.05, 0.1) is 5.02 Å². The molecule has 0 radical (unpaired) electrons. The monoisotopic (exact) mass is 379 g/mol. The molecule has 120 valence electrons. The third kappa shape index (κ3) is 3.82. The summed E-state index contributed by atoms with van der Waals surface area (Å²) in [6, 6.07) is 4.68. The van der Waals surface area contributed by atoms with E-state index in [1.807, 2.05) is 18.4 Å². The normalized spacial score (nSPS) is 13.3. The number of hydrogen-bond acceptors (Lipinski definition) is 4. The SMILES string of the molecule is Cc1cc(S(=O)(=O)NCC(O)c2sccc2C)c(Cl)cc1Cl. The van der Waals surface area contributed by atoms with Crippen LogP contribution in [0.25, 0.3) is 0 Å². The average molecular weight is 380 g/mol. The van der Waals surface area contributed by atoms with Gasteiger partial charge in [0, 0.05) is 16.4 Å². The van der Waals surface area contributed by atoms with E-state index in [9.17, 15) is 13.5 Å². The molecule has 2 aromatic rings. The number of hydrogen-bond donors (Lipinski definition) is 2. The molecule has 1 atom stereocenters. The van der Waals surface area contributed by atoms with Crippen molar-refractivity contribution in [3.63, 3.8) is 0 Å². The number of rotatable bonds is 5. The van der Waals surface area contributed by atoms with Crippen LogP contribution in [-0.4, -0.2) is 20.1 Å². The van der Waals surface area contributed by atoms with Crippen LogP contribution in [0.5, 0.6) is 0 Å². The molecule has 0 saturated heterocycles. The van der Waals surface area contributed by atoms with Gasteiger partial charge in [0.1, 0.15) is 11.0 Å². The highest BCUT2D eigenvalue weighted by Gasteiger charge is 2.21. The van der Waals surface area contributed by atoms with E-state index in [0.717, 1.165) is 10.4 Å². The fraction of sp³-hybridized carbons (Fsp3) is 0.286. The molecule has 0 aliphatic carbocycles. The molecule has 0 bridgehead atoms. The van der Waals surface area contributed by atoms with Crippen molar-refractivity contribution in [2.45, 2.75) is 24.8 Å². The van der Waals surface area contributed by atoms with Gasteiger partial charge in [-0.25, -0.2) is 13.1 Å². The summed E-state index contributed by atoms with van der Waals surface area (Å²) in [6.45, 7) is 3.44. The Kier molecular flexibility index (Phi) is 5.53. The van der Waals surface area contributed by atoms with Gasteiger partial charge >= 0.3 is 0 Å². The molecule has 0 saturated carbocycles. The molecule has 1 heterocycles. The Hall–Kier alpha value is -0.630. The largest absolute Gasteiger partial charge is 0.386 e. The Morgan fingerprint density at radius 3 is 2.50 bits per heavy atom. The number of thiophene rings is 1. The summed E-state index contributed by atoms with van der Waals surface area (Å²) in [5.74, 6) is 0. The lowest BCUT2D eigenvalue weighted by atomic mass is 10.2. The molecule has 0 aliphatic heterocycles. The summed E-state index contributed by atoms with van der Waals surface area (Å²) in [5.41, 5.74) is 1.54. The number of aliphatic hydroxyl groups excluding tert-OH is 1. The highest BCUT2D eigenvalue weighted by molar-refractivity contribution is 7.89. The Labute approximate surface area is 143 Å². The van der Waals surface area contributed by atoms with Crippen LogP contribution in [0.4, 0.5) is 0 Å². The standard InChI is InChI=1S/C14H15Cl2NO3S2/c1-8-3-4-21-14(8)12(18)7-17-22(19,20)13-5-9(2)10(15)6-11(13)16/h3-6,12,17-18H,7H2,1-2H3. The van der Waals surface area contributed by atoms with E-state index >= 15 is 0 Å².